The zero-order chi connectivity index (χ0) is 20.0. The summed E-state index contributed by atoms with van der Waals surface area (Å²) in [6.07, 6.45) is 0. The molecule has 0 heterocycles. The normalized spacial score (nSPS) is 12.9. The molecule has 0 spiro atoms. The van der Waals surface area contributed by atoms with Crippen molar-refractivity contribution in [1.29, 1.82) is 0 Å². The number of rotatable bonds is 7. The predicted octanol–water partition coefficient (Wildman–Crippen LogP) is 3.44. The minimum atomic E-state index is -0.392. The summed E-state index contributed by atoms with van der Waals surface area (Å²) in [5.41, 5.74) is 4.20. The second-order valence-electron chi connectivity index (χ2n) is 7.08. The third-order valence-corrected chi connectivity index (χ3v) is 4.62. The molecule has 2 N–H and O–H groups in total. The van der Waals surface area contributed by atoms with Crippen molar-refractivity contribution >= 4 is 17.5 Å². The highest BCUT2D eigenvalue weighted by atomic mass is 16.2. The van der Waals surface area contributed by atoms with E-state index in [4.69, 9.17) is 0 Å². The smallest absolute Gasteiger partial charge is 0.243 e. The van der Waals surface area contributed by atoms with Gasteiger partial charge >= 0.3 is 0 Å². The van der Waals surface area contributed by atoms with Crippen LogP contribution in [0.2, 0.25) is 0 Å². The molecule has 2 amide bonds. The molecule has 0 saturated heterocycles. The molecule has 2 rings (SSSR count). The fraction of sp³-hybridized carbons (Fsp3) is 0.364. The molecule has 0 bridgehead atoms. The van der Waals surface area contributed by atoms with Crippen LogP contribution in [0.25, 0.3) is 0 Å². The number of carbonyl (C=O) groups is 2. The molecule has 0 aromatic heterocycles. The summed E-state index contributed by atoms with van der Waals surface area (Å²) in [6, 6.07) is 15.3. The number of anilines is 1. The number of hydrogen-bond donors (Lipinski definition) is 2. The molecule has 2 atom stereocenters. The molecule has 5 nitrogen and oxygen atoms in total. The Morgan fingerprint density at radius 2 is 1.63 bits per heavy atom. The first-order valence-corrected chi connectivity index (χ1v) is 9.21. The third-order valence-electron chi connectivity index (χ3n) is 4.62. The molecule has 144 valence electrons. The van der Waals surface area contributed by atoms with Crippen LogP contribution in [0.3, 0.4) is 0 Å². The van der Waals surface area contributed by atoms with E-state index < -0.39 is 6.04 Å². The quantitative estimate of drug-likeness (QED) is 0.788. The Morgan fingerprint density at radius 1 is 1.00 bits per heavy atom. The van der Waals surface area contributed by atoms with Crippen molar-refractivity contribution in [3.05, 3.63) is 65.2 Å². The summed E-state index contributed by atoms with van der Waals surface area (Å²) in [7, 11) is 1.65. The molecule has 0 unspecified atom stereocenters. The zero-order valence-electron chi connectivity index (χ0n) is 16.7. The first-order chi connectivity index (χ1) is 12.8. The maximum Gasteiger partial charge on any atom is 0.243 e. The summed E-state index contributed by atoms with van der Waals surface area (Å²) in [4.78, 5) is 26.3. The number of nitrogens with zero attached hydrogens (tertiary/aromatic N) is 1. The van der Waals surface area contributed by atoms with Crippen LogP contribution in [0.1, 0.15) is 36.6 Å². The van der Waals surface area contributed by atoms with Gasteiger partial charge in [-0.15, -0.1) is 0 Å². The van der Waals surface area contributed by atoms with Crippen LogP contribution in [-0.2, 0) is 9.59 Å². The van der Waals surface area contributed by atoms with Crippen molar-refractivity contribution in [3.63, 3.8) is 0 Å². The van der Waals surface area contributed by atoms with E-state index >= 15 is 0 Å². The fourth-order valence-electron chi connectivity index (χ4n) is 3.07. The Kier molecular flexibility index (Phi) is 7.13. The molecular weight excluding hydrogens is 338 g/mol. The number of carbonyl (C=O) groups excluding carboxylic acids is 2. The Morgan fingerprint density at radius 3 is 2.26 bits per heavy atom. The van der Waals surface area contributed by atoms with Crippen LogP contribution in [0.15, 0.2) is 48.5 Å². The maximum absolute atomic E-state index is 12.6. The van der Waals surface area contributed by atoms with Crippen LogP contribution < -0.4 is 10.6 Å². The van der Waals surface area contributed by atoms with Gasteiger partial charge in [0.05, 0.1) is 12.6 Å². The number of hydrogen-bond acceptors (Lipinski definition) is 3. The Bertz CT molecular complexity index is 786. The van der Waals surface area contributed by atoms with Crippen molar-refractivity contribution in [1.82, 2.24) is 10.2 Å². The molecule has 0 aliphatic heterocycles. The van der Waals surface area contributed by atoms with Gasteiger partial charge in [0.1, 0.15) is 0 Å². The van der Waals surface area contributed by atoms with Gasteiger partial charge in [-0.3, -0.25) is 14.9 Å². The summed E-state index contributed by atoms with van der Waals surface area (Å²) in [6.45, 7) is 7.92. The van der Waals surface area contributed by atoms with E-state index in [0.717, 1.165) is 16.8 Å². The lowest BCUT2D eigenvalue weighted by molar-refractivity contribution is -0.135. The Balaban J connectivity index is 1.88. The standard InChI is InChI=1S/C22H29N3O2/c1-15-10-12-19(13-11-15)24-21(26)14-25(5)22(27)18(4)23-17(3)20-9-7-6-8-16(20)2/h6-13,17-18,23H,14H2,1-5H3,(H,24,26)/t17-,18+/m1/s1. The van der Waals surface area contributed by atoms with Crippen LogP contribution >= 0.6 is 0 Å². The van der Waals surface area contributed by atoms with E-state index in [1.54, 1.807) is 7.05 Å². The van der Waals surface area contributed by atoms with Crippen molar-refractivity contribution in [2.45, 2.75) is 39.8 Å². The van der Waals surface area contributed by atoms with Gasteiger partial charge in [0, 0.05) is 18.8 Å². The number of likely N-dealkylation sites (N-methyl/N-ethyl adjacent to an activating group) is 1. The summed E-state index contributed by atoms with van der Waals surface area (Å²) in [5, 5.41) is 6.14. The van der Waals surface area contributed by atoms with E-state index in [-0.39, 0.29) is 24.4 Å². The van der Waals surface area contributed by atoms with Crippen molar-refractivity contribution in [2.75, 3.05) is 18.9 Å². The van der Waals surface area contributed by atoms with E-state index in [0.29, 0.717) is 0 Å². The Hall–Kier alpha value is -2.66. The van der Waals surface area contributed by atoms with Crippen LogP contribution in [0.4, 0.5) is 5.69 Å². The first-order valence-electron chi connectivity index (χ1n) is 9.21. The molecule has 0 saturated carbocycles. The molecule has 0 fully saturated rings. The molecule has 0 aliphatic rings. The molecule has 2 aromatic carbocycles. The van der Waals surface area contributed by atoms with Gasteiger partial charge in [-0.1, -0.05) is 42.0 Å². The third kappa shape index (κ3) is 5.93. The van der Waals surface area contributed by atoms with Gasteiger partial charge in [-0.25, -0.2) is 0 Å². The Labute approximate surface area is 161 Å². The second-order valence-corrected chi connectivity index (χ2v) is 7.08. The molecular formula is C22H29N3O2. The van der Waals surface area contributed by atoms with Crippen molar-refractivity contribution in [2.24, 2.45) is 0 Å². The summed E-state index contributed by atoms with van der Waals surface area (Å²) in [5.74, 6) is -0.330. The molecule has 0 radical (unpaired) electrons. The van der Waals surface area contributed by atoms with E-state index in [2.05, 4.69) is 29.7 Å². The average molecular weight is 367 g/mol. The van der Waals surface area contributed by atoms with Gasteiger partial charge in [0.2, 0.25) is 11.8 Å². The number of nitrogens with one attached hydrogen (secondary N) is 2. The predicted molar refractivity (Wildman–Crippen MR) is 110 cm³/mol. The number of benzene rings is 2. The zero-order valence-corrected chi connectivity index (χ0v) is 16.7. The molecule has 0 aliphatic carbocycles. The van der Waals surface area contributed by atoms with Gasteiger partial charge in [-0.2, -0.15) is 0 Å². The SMILES string of the molecule is Cc1ccc(NC(=O)CN(C)C(=O)[C@H](C)N[C@H](C)c2ccccc2C)cc1. The highest BCUT2D eigenvalue weighted by molar-refractivity contribution is 5.95. The highest BCUT2D eigenvalue weighted by Crippen LogP contribution is 2.17. The monoisotopic (exact) mass is 367 g/mol. The average Bonchev–Trinajstić information content (AvgIpc) is 2.63. The summed E-state index contributed by atoms with van der Waals surface area (Å²) >= 11 is 0. The van der Waals surface area contributed by atoms with E-state index in [9.17, 15) is 9.59 Å². The minimum Gasteiger partial charge on any atom is -0.335 e. The van der Waals surface area contributed by atoms with Crippen LogP contribution in [0, 0.1) is 13.8 Å². The van der Waals surface area contributed by atoms with Crippen LogP contribution in [0.5, 0.6) is 0 Å². The van der Waals surface area contributed by atoms with Gasteiger partial charge in [-0.05, 0) is 51.0 Å². The second kappa shape index (κ2) is 9.33. The summed E-state index contributed by atoms with van der Waals surface area (Å²) < 4.78 is 0. The van der Waals surface area contributed by atoms with Gasteiger partial charge in [0.15, 0.2) is 0 Å². The minimum absolute atomic E-state index is 0.0114. The first kappa shape index (κ1) is 20.6. The highest BCUT2D eigenvalue weighted by Gasteiger charge is 2.21. The van der Waals surface area contributed by atoms with E-state index in [1.165, 1.54) is 10.5 Å². The van der Waals surface area contributed by atoms with E-state index in [1.807, 2.05) is 57.2 Å². The lowest BCUT2D eigenvalue weighted by Gasteiger charge is -2.25. The topological polar surface area (TPSA) is 61.4 Å². The number of amides is 2. The molecule has 5 heteroatoms. The molecule has 27 heavy (non-hydrogen) atoms. The lowest BCUT2D eigenvalue weighted by atomic mass is 10.0. The van der Waals surface area contributed by atoms with Crippen molar-refractivity contribution < 1.29 is 9.59 Å². The lowest BCUT2D eigenvalue weighted by Crippen LogP contribution is -2.46. The maximum atomic E-state index is 12.6. The van der Waals surface area contributed by atoms with Gasteiger partial charge < -0.3 is 10.2 Å². The number of aryl methyl sites for hydroxylation is 2. The fourth-order valence-corrected chi connectivity index (χ4v) is 3.07. The van der Waals surface area contributed by atoms with Gasteiger partial charge in [0.25, 0.3) is 0 Å². The largest absolute Gasteiger partial charge is 0.335 e. The van der Waals surface area contributed by atoms with Crippen molar-refractivity contribution in [3.8, 4) is 0 Å². The molecule has 2 aromatic rings. The van der Waals surface area contributed by atoms with Crippen LogP contribution in [-0.4, -0.2) is 36.3 Å².